The summed E-state index contributed by atoms with van der Waals surface area (Å²) in [5.41, 5.74) is 2.03. The first-order valence-corrected chi connectivity index (χ1v) is 8.14. The first-order valence-electron chi connectivity index (χ1n) is 8.14. The molecule has 0 spiro atoms. The molecule has 134 valence electrons. The van der Waals surface area contributed by atoms with Gasteiger partial charge in [0.15, 0.2) is 0 Å². The first kappa shape index (κ1) is 17.8. The topological polar surface area (TPSA) is 87.3 Å². The zero-order chi connectivity index (χ0) is 19.2. The van der Waals surface area contributed by atoms with Crippen LogP contribution in [0, 0.1) is 11.3 Å². The molecule has 0 atom stereocenters. The molecule has 1 aromatic heterocycles. The molecule has 0 radical (unpaired) electrons. The molecule has 6 heteroatoms. The van der Waals surface area contributed by atoms with Crippen LogP contribution >= 0.6 is 0 Å². The maximum atomic E-state index is 12.4. The largest absolute Gasteiger partial charge is 0.508 e. The highest BCUT2D eigenvalue weighted by Crippen LogP contribution is 2.20. The van der Waals surface area contributed by atoms with Gasteiger partial charge in [0, 0.05) is 23.3 Å². The van der Waals surface area contributed by atoms with Crippen LogP contribution in [0.5, 0.6) is 11.5 Å². The molecular weight excluding hydrogens is 342 g/mol. The molecule has 2 N–H and O–H groups in total. The van der Waals surface area contributed by atoms with Crippen LogP contribution in [0.25, 0.3) is 11.8 Å². The van der Waals surface area contributed by atoms with E-state index in [0.717, 1.165) is 11.4 Å². The molecule has 2 aromatic carbocycles. The van der Waals surface area contributed by atoms with Gasteiger partial charge in [-0.3, -0.25) is 4.79 Å². The second-order valence-corrected chi connectivity index (χ2v) is 5.67. The van der Waals surface area contributed by atoms with Crippen molar-refractivity contribution in [1.82, 2.24) is 4.57 Å². The van der Waals surface area contributed by atoms with E-state index in [9.17, 15) is 15.2 Å². The standard InChI is InChI=1S/C21H17N3O3/c1-27-20-10-6-17(7-11-20)24-12-2-3-18(24)13-15(14-22)21(26)23-16-4-8-19(25)9-5-16/h2-13,25H,1H3,(H,23,26)/b15-13-. The number of aromatic nitrogens is 1. The summed E-state index contributed by atoms with van der Waals surface area (Å²) in [6.07, 6.45) is 3.38. The number of nitrogens with one attached hydrogen (secondary N) is 1. The number of ether oxygens (including phenoxy) is 1. The minimum atomic E-state index is -0.523. The first-order chi connectivity index (χ1) is 13.1. The highest BCUT2D eigenvalue weighted by Gasteiger charge is 2.11. The zero-order valence-electron chi connectivity index (χ0n) is 14.6. The van der Waals surface area contributed by atoms with Crippen molar-refractivity contribution in [2.45, 2.75) is 0 Å². The third-order valence-electron chi connectivity index (χ3n) is 3.91. The molecule has 0 aliphatic carbocycles. The molecule has 0 fully saturated rings. The zero-order valence-corrected chi connectivity index (χ0v) is 14.6. The van der Waals surface area contributed by atoms with E-state index in [0.29, 0.717) is 11.4 Å². The van der Waals surface area contributed by atoms with E-state index in [-0.39, 0.29) is 11.3 Å². The maximum absolute atomic E-state index is 12.4. The summed E-state index contributed by atoms with van der Waals surface area (Å²) in [4.78, 5) is 12.4. The normalized spacial score (nSPS) is 10.9. The third kappa shape index (κ3) is 4.17. The van der Waals surface area contributed by atoms with E-state index in [1.54, 1.807) is 19.2 Å². The summed E-state index contributed by atoms with van der Waals surface area (Å²) in [6, 6.07) is 19.1. The van der Waals surface area contributed by atoms with E-state index in [4.69, 9.17) is 4.74 Å². The summed E-state index contributed by atoms with van der Waals surface area (Å²) < 4.78 is 7.03. The lowest BCUT2D eigenvalue weighted by Gasteiger charge is -2.09. The Balaban J connectivity index is 1.85. The maximum Gasteiger partial charge on any atom is 0.266 e. The number of rotatable bonds is 5. The fraction of sp³-hybridized carbons (Fsp3) is 0.0476. The number of phenolic OH excluding ortho intramolecular Hbond substituents is 1. The number of nitrogens with zero attached hydrogens (tertiary/aromatic N) is 2. The number of hydrogen-bond acceptors (Lipinski definition) is 4. The van der Waals surface area contributed by atoms with Gasteiger partial charge in [-0.25, -0.2) is 0 Å². The highest BCUT2D eigenvalue weighted by atomic mass is 16.5. The molecule has 1 amide bonds. The van der Waals surface area contributed by atoms with E-state index in [1.165, 1.54) is 18.2 Å². The van der Waals surface area contributed by atoms with E-state index < -0.39 is 5.91 Å². The van der Waals surface area contributed by atoms with Crippen molar-refractivity contribution >= 4 is 17.7 Å². The van der Waals surface area contributed by atoms with Gasteiger partial charge in [-0.1, -0.05) is 0 Å². The van der Waals surface area contributed by atoms with Gasteiger partial charge in [-0.15, -0.1) is 0 Å². The Labute approximate surface area is 156 Å². The number of methoxy groups -OCH3 is 1. The van der Waals surface area contributed by atoms with Crippen molar-refractivity contribution in [3.8, 4) is 23.3 Å². The van der Waals surface area contributed by atoms with Crippen LogP contribution in [0.1, 0.15) is 5.69 Å². The van der Waals surface area contributed by atoms with Crippen molar-refractivity contribution in [2.24, 2.45) is 0 Å². The van der Waals surface area contributed by atoms with Gasteiger partial charge >= 0.3 is 0 Å². The molecule has 27 heavy (non-hydrogen) atoms. The monoisotopic (exact) mass is 359 g/mol. The number of carbonyl (C=O) groups is 1. The molecule has 0 unspecified atom stereocenters. The smallest absolute Gasteiger partial charge is 0.266 e. The summed E-state index contributed by atoms with van der Waals surface area (Å²) in [5.74, 6) is 0.320. The lowest BCUT2D eigenvalue weighted by molar-refractivity contribution is -0.112. The number of hydrogen-bond donors (Lipinski definition) is 2. The molecule has 0 aliphatic heterocycles. The van der Waals surface area contributed by atoms with Gasteiger partial charge in [0.25, 0.3) is 5.91 Å². The Morgan fingerprint density at radius 2 is 1.85 bits per heavy atom. The van der Waals surface area contributed by atoms with Crippen LogP contribution in [-0.4, -0.2) is 22.7 Å². The lowest BCUT2D eigenvalue weighted by atomic mass is 10.2. The molecule has 3 rings (SSSR count). The van der Waals surface area contributed by atoms with Gasteiger partial charge in [0.1, 0.15) is 23.1 Å². The molecule has 3 aromatic rings. The SMILES string of the molecule is COc1ccc(-n2cccc2/C=C(/C#N)C(=O)Nc2ccc(O)cc2)cc1. The fourth-order valence-corrected chi connectivity index (χ4v) is 2.53. The quantitative estimate of drug-likeness (QED) is 0.413. The number of carbonyl (C=O) groups excluding carboxylic acids is 1. The number of nitriles is 1. The second kappa shape index (κ2) is 7.93. The van der Waals surface area contributed by atoms with Crippen LogP contribution in [0.3, 0.4) is 0 Å². The minimum Gasteiger partial charge on any atom is -0.508 e. The molecular formula is C21H17N3O3. The minimum absolute atomic E-state index is 0.0310. The predicted octanol–water partition coefficient (Wildman–Crippen LogP) is 3.74. The molecule has 0 aliphatic rings. The lowest BCUT2D eigenvalue weighted by Crippen LogP contribution is -2.13. The molecule has 1 heterocycles. The van der Waals surface area contributed by atoms with Gasteiger partial charge in [-0.2, -0.15) is 5.26 Å². The van der Waals surface area contributed by atoms with E-state index in [2.05, 4.69) is 5.32 Å². The van der Waals surface area contributed by atoms with Crippen LogP contribution in [0.4, 0.5) is 5.69 Å². The van der Waals surface area contributed by atoms with Gasteiger partial charge in [0.2, 0.25) is 0 Å². The molecule has 0 bridgehead atoms. The molecule has 6 nitrogen and oxygen atoms in total. The fourth-order valence-electron chi connectivity index (χ4n) is 2.53. The summed E-state index contributed by atoms with van der Waals surface area (Å²) >= 11 is 0. The Hall–Kier alpha value is -3.98. The van der Waals surface area contributed by atoms with Gasteiger partial charge in [0.05, 0.1) is 7.11 Å². The third-order valence-corrected chi connectivity index (χ3v) is 3.91. The van der Waals surface area contributed by atoms with Crippen molar-refractivity contribution in [2.75, 3.05) is 12.4 Å². The number of benzene rings is 2. The average molecular weight is 359 g/mol. The number of amides is 1. The number of aromatic hydroxyl groups is 1. The second-order valence-electron chi connectivity index (χ2n) is 5.67. The summed E-state index contributed by atoms with van der Waals surface area (Å²) in [5, 5.41) is 21.3. The van der Waals surface area contributed by atoms with Crippen LogP contribution in [-0.2, 0) is 4.79 Å². The predicted molar refractivity (Wildman–Crippen MR) is 103 cm³/mol. The Kier molecular flexibility index (Phi) is 5.24. The van der Waals surface area contributed by atoms with Crippen molar-refractivity contribution in [3.63, 3.8) is 0 Å². The average Bonchev–Trinajstić information content (AvgIpc) is 3.16. The summed E-state index contributed by atoms with van der Waals surface area (Å²) in [7, 11) is 1.60. The van der Waals surface area contributed by atoms with E-state index >= 15 is 0 Å². The number of anilines is 1. The summed E-state index contributed by atoms with van der Waals surface area (Å²) in [6.45, 7) is 0. The van der Waals surface area contributed by atoms with Gasteiger partial charge < -0.3 is 19.7 Å². The van der Waals surface area contributed by atoms with Crippen LogP contribution < -0.4 is 10.1 Å². The Morgan fingerprint density at radius 3 is 2.48 bits per heavy atom. The van der Waals surface area contributed by atoms with Crippen LogP contribution in [0.2, 0.25) is 0 Å². The van der Waals surface area contributed by atoms with E-state index in [1.807, 2.05) is 53.2 Å². The van der Waals surface area contributed by atoms with Crippen molar-refractivity contribution < 1.29 is 14.6 Å². The highest BCUT2D eigenvalue weighted by molar-refractivity contribution is 6.09. The van der Waals surface area contributed by atoms with Crippen LogP contribution in [0.15, 0.2) is 72.4 Å². The van der Waals surface area contributed by atoms with Gasteiger partial charge in [-0.05, 0) is 66.7 Å². The Bertz CT molecular complexity index is 1010. The van der Waals surface area contributed by atoms with Crippen molar-refractivity contribution in [3.05, 3.63) is 78.1 Å². The molecule has 0 saturated carbocycles. The number of phenols is 1. The van der Waals surface area contributed by atoms with Crippen molar-refractivity contribution in [1.29, 1.82) is 5.26 Å². The Morgan fingerprint density at radius 1 is 1.15 bits per heavy atom. The molecule has 0 saturated heterocycles.